The molecule has 2 rings (SSSR count). The molecule has 0 aromatic carbocycles. The molecule has 24 heavy (non-hydrogen) atoms. The second-order valence-corrected chi connectivity index (χ2v) is 8.48. The van der Waals surface area contributed by atoms with E-state index in [1.54, 1.807) is 4.90 Å². The molecule has 1 saturated carbocycles. The Bertz CT molecular complexity index is 464. The molecule has 138 valence electrons. The van der Waals surface area contributed by atoms with Gasteiger partial charge in [-0.2, -0.15) is 0 Å². The highest BCUT2D eigenvalue weighted by molar-refractivity contribution is 5.88. The Hall–Kier alpha value is -1.10. The highest BCUT2D eigenvalue weighted by Gasteiger charge is 2.53. The first-order valence-electron chi connectivity index (χ1n) is 9.49. The monoisotopic (exact) mass is 338 g/mol. The number of carbonyl (C=O) groups excluding carboxylic acids is 2. The normalized spacial score (nSPS) is 30.4. The fourth-order valence-electron chi connectivity index (χ4n) is 3.95. The Morgan fingerprint density at radius 3 is 2.54 bits per heavy atom. The number of nitrogens with zero attached hydrogens (tertiary/aromatic N) is 1. The number of carbonyl (C=O) groups is 2. The minimum absolute atomic E-state index is 0.0568. The number of hydrogen-bond donors (Lipinski definition) is 1. The Labute approximate surface area is 146 Å². The van der Waals surface area contributed by atoms with Crippen LogP contribution in [0.1, 0.15) is 66.7 Å². The average Bonchev–Trinajstić information content (AvgIpc) is 2.82. The van der Waals surface area contributed by atoms with E-state index in [4.69, 9.17) is 4.74 Å². The number of rotatable bonds is 5. The summed E-state index contributed by atoms with van der Waals surface area (Å²) < 4.78 is 6.15. The molecule has 3 unspecified atom stereocenters. The molecule has 1 aliphatic heterocycles. The third kappa shape index (κ3) is 4.29. The molecular weight excluding hydrogens is 304 g/mol. The molecule has 1 spiro atoms. The maximum Gasteiger partial charge on any atom is 0.245 e. The van der Waals surface area contributed by atoms with E-state index in [2.05, 4.69) is 26.1 Å². The third-order valence-corrected chi connectivity index (χ3v) is 5.03. The van der Waals surface area contributed by atoms with Crippen molar-refractivity contribution in [3.63, 3.8) is 0 Å². The van der Waals surface area contributed by atoms with Gasteiger partial charge in [-0.25, -0.2) is 0 Å². The van der Waals surface area contributed by atoms with Gasteiger partial charge < -0.3 is 10.1 Å². The van der Waals surface area contributed by atoms with E-state index in [0.717, 1.165) is 19.3 Å². The fourth-order valence-corrected chi connectivity index (χ4v) is 3.95. The van der Waals surface area contributed by atoms with Crippen molar-refractivity contribution in [3.8, 4) is 0 Å². The average molecular weight is 338 g/mol. The van der Waals surface area contributed by atoms with E-state index < -0.39 is 11.8 Å². The van der Waals surface area contributed by atoms with Gasteiger partial charge >= 0.3 is 0 Å². The van der Waals surface area contributed by atoms with E-state index in [1.165, 1.54) is 6.42 Å². The maximum absolute atomic E-state index is 13.0. The molecule has 0 bridgehead atoms. The second kappa shape index (κ2) is 7.85. The molecule has 2 fully saturated rings. The number of nitrogens with one attached hydrogen (secondary N) is 1. The number of amides is 2. The number of ether oxygens (including phenoxy) is 1. The maximum atomic E-state index is 13.0. The van der Waals surface area contributed by atoms with Gasteiger partial charge in [-0.05, 0) is 37.0 Å². The summed E-state index contributed by atoms with van der Waals surface area (Å²) in [6.07, 6.45) is 4.36. The van der Waals surface area contributed by atoms with Crippen molar-refractivity contribution in [1.82, 2.24) is 10.2 Å². The van der Waals surface area contributed by atoms with E-state index >= 15 is 0 Å². The van der Waals surface area contributed by atoms with Crippen molar-refractivity contribution >= 4 is 11.8 Å². The van der Waals surface area contributed by atoms with Gasteiger partial charge in [-0.15, -0.1) is 0 Å². The summed E-state index contributed by atoms with van der Waals surface area (Å²) in [6.45, 7) is 11.4. The first-order valence-corrected chi connectivity index (χ1v) is 9.49. The lowest BCUT2D eigenvalue weighted by Crippen LogP contribution is -2.57. The number of hydrogen-bond acceptors (Lipinski definition) is 3. The zero-order valence-electron chi connectivity index (χ0n) is 15.9. The molecule has 0 aromatic heterocycles. The van der Waals surface area contributed by atoms with Crippen LogP contribution in [0.3, 0.4) is 0 Å². The lowest BCUT2D eigenvalue weighted by Gasteiger charge is -2.43. The molecule has 1 heterocycles. The van der Waals surface area contributed by atoms with Gasteiger partial charge in [-0.1, -0.05) is 41.0 Å². The molecule has 1 saturated heterocycles. The molecule has 1 N–H and O–H groups in total. The SMILES string of the molecule is CC(C)CNC(=O)C1COC2(CCCC(C)C2)N1C(=O)CC(C)C. The Kier molecular flexibility index (Phi) is 6.29. The summed E-state index contributed by atoms with van der Waals surface area (Å²) in [6, 6.07) is -0.486. The van der Waals surface area contributed by atoms with E-state index in [0.29, 0.717) is 31.4 Å². The summed E-state index contributed by atoms with van der Waals surface area (Å²) in [7, 11) is 0. The van der Waals surface area contributed by atoms with Gasteiger partial charge in [0.15, 0.2) is 0 Å². The zero-order valence-corrected chi connectivity index (χ0v) is 15.9. The highest BCUT2D eigenvalue weighted by atomic mass is 16.5. The molecule has 5 nitrogen and oxygen atoms in total. The van der Waals surface area contributed by atoms with E-state index in [-0.39, 0.29) is 17.7 Å². The van der Waals surface area contributed by atoms with Crippen LogP contribution in [0.2, 0.25) is 0 Å². The van der Waals surface area contributed by atoms with Crippen molar-refractivity contribution in [1.29, 1.82) is 0 Å². The van der Waals surface area contributed by atoms with Crippen LogP contribution in [0.15, 0.2) is 0 Å². The van der Waals surface area contributed by atoms with Crippen LogP contribution in [0.4, 0.5) is 0 Å². The minimum Gasteiger partial charge on any atom is -0.354 e. The van der Waals surface area contributed by atoms with Crippen LogP contribution in [0.5, 0.6) is 0 Å². The van der Waals surface area contributed by atoms with Gasteiger partial charge in [0.2, 0.25) is 11.8 Å². The van der Waals surface area contributed by atoms with E-state index in [1.807, 2.05) is 13.8 Å². The van der Waals surface area contributed by atoms with Crippen LogP contribution in [0, 0.1) is 17.8 Å². The lowest BCUT2D eigenvalue weighted by atomic mass is 9.83. The summed E-state index contributed by atoms with van der Waals surface area (Å²) in [5, 5.41) is 2.98. The van der Waals surface area contributed by atoms with Crippen LogP contribution in [-0.2, 0) is 14.3 Å². The molecule has 0 aromatic rings. The van der Waals surface area contributed by atoms with Gasteiger partial charge in [0.25, 0.3) is 0 Å². The summed E-state index contributed by atoms with van der Waals surface area (Å²) in [4.78, 5) is 27.4. The van der Waals surface area contributed by atoms with Crippen LogP contribution < -0.4 is 5.32 Å². The van der Waals surface area contributed by atoms with Crippen molar-refractivity contribution in [2.75, 3.05) is 13.2 Å². The molecule has 1 aliphatic carbocycles. The Morgan fingerprint density at radius 1 is 1.25 bits per heavy atom. The summed E-state index contributed by atoms with van der Waals surface area (Å²) in [5.74, 6) is 1.16. The first kappa shape index (κ1) is 19.2. The summed E-state index contributed by atoms with van der Waals surface area (Å²) >= 11 is 0. The largest absolute Gasteiger partial charge is 0.354 e. The Balaban J connectivity index is 2.20. The zero-order chi connectivity index (χ0) is 17.9. The third-order valence-electron chi connectivity index (χ3n) is 5.03. The molecule has 3 atom stereocenters. The molecule has 0 radical (unpaired) electrons. The molecule has 2 aliphatic rings. The molecule has 2 amide bonds. The van der Waals surface area contributed by atoms with Gasteiger partial charge in [0.05, 0.1) is 6.61 Å². The van der Waals surface area contributed by atoms with Crippen LogP contribution >= 0.6 is 0 Å². The smallest absolute Gasteiger partial charge is 0.245 e. The first-order chi connectivity index (χ1) is 11.2. The quantitative estimate of drug-likeness (QED) is 0.838. The second-order valence-electron chi connectivity index (χ2n) is 8.48. The lowest BCUT2D eigenvalue weighted by molar-refractivity contribution is -0.163. The topological polar surface area (TPSA) is 58.6 Å². The highest BCUT2D eigenvalue weighted by Crippen LogP contribution is 2.43. The fraction of sp³-hybridized carbons (Fsp3) is 0.895. The van der Waals surface area contributed by atoms with Crippen molar-refractivity contribution in [2.45, 2.75) is 78.5 Å². The van der Waals surface area contributed by atoms with Crippen molar-refractivity contribution < 1.29 is 14.3 Å². The molecule has 5 heteroatoms. The van der Waals surface area contributed by atoms with Gasteiger partial charge in [0, 0.05) is 13.0 Å². The van der Waals surface area contributed by atoms with E-state index in [9.17, 15) is 9.59 Å². The molecular formula is C19H34N2O3. The predicted molar refractivity (Wildman–Crippen MR) is 94.3 cm³/mol. The minimum atomic E-state index is -0.566. The Morgan fingerprint density at radius 2 is 1.96 bits per heavy atom. The van der Waals surface area contributed by atoms with Gasteiger partial charge in [-0.3, -0.25) is 14.5 Å². The van der Waals surface area contributed by atoms with Crippen LogP contribution in [-0.4, -0.2) is 41.6 Å². The van der Waals surface area contributed by atoms with Gasteiger partial charge in [0.1, 0.15) is 11.8 Å². The van der Waals surface area contributed by atoms with Crippen molar-refractivity contribution in [2.24, 2.45) is 17.8 Å². The standard InChI is InChI=1S/C19H34N2O3/c1-13(2)9-17(22)21-16(18(23)20-11-14(3)4)12-24-19(21)8-6-7-15(5)10-19/h13-16H,6-12H2,1-5H3,(H,20,23). The van der Waals surface area contributed by atoms with Crippen molar-refractivity contribution in [3.05, 3.63) is 0 Å². The van der Waals surface area contributed by atoms with Crippen LogP contribution in [0.25, 0.3) is 0 Å². The summed E-state index contributed by atoms with van der Waals surface area (Å²) in [5.41, 5.74) is -0.566. The predicted octanol–water partition coefficient (Wildman–Crippen LogP) is 2.94.